The highest BCUT2D eigenvalue weighted by atomic mass is 16.1. The van der Waals surface area contributed by atoms with Crippen LogP contribution in [0.2, 0.25) is 0 Å². The third kappa shape index (κ3) is 3.42. The van der Waals surface area contributed by atoms with Crippen molar-refractivity contribution < 1.29 is 4.79 Å². The summed E-state index contributed by atoms with van der Waals surface area (Å²) in [5, 5.41) is 9.98. The molecule has 0 atom stereocenters. The zero-order valence-electron chi connectivity index (χ0n) is 14.4. The van der Waals surface area contributed by atoms with Crippen molar-refractivity contribution in [3.63, 3.8) is 0 Å². The highest BCUT2D eigenvalue weighted by Gasteiger charge is 2.22. The average Bonchev–Trinajstić information content (AvgIpc) is 2.92. The predicted molar refractivity (Wildman–Crippen MR) is 93.0 cm³/mol. The van der Waals surface area contributed by atoms with Crippen molar-refractivity contribution in [2.75, 3.05) is 0 Å². The van der Waals surface area contributed by atoms with Crippen LogP contribution in [0.4, 0.5) is 0 Å². The zero-order valence-corrected chi connectivity index (χ0v) is 14.4. The summed E-state index contributed by atoms with van der Waals surface area (Å²) in [4.78, 5) is 28.2. The first-order chi connectivity index (χ1) is 11.8. The molecule has 0 saturated carbocycles. The molecule has 8 nitrogen and oxygen atoms in total. The van der Waals surface area contributed by atoms with Gasteiger partial charge in [-0.3, -0.25) is 9.59 Å². The van der Waals surface area contributed by atoms with E-state index in [0.717, 1.165) is 5.39 Å². The molecule has 0 unspecified atom stereocenters. The van der Waals surface area contributed by atoms with Crippen LogP contribution in [0.5, 0.6) is 0 Å². The molecule has 0 saturated heterocycles. The third-order valence-corrected chi connectivity index (χ3v) is 3.74. The molecule has 8 heteroatoms. The zero-order chi connectivity index (χ0) is 18.2. The van der Waals surface area contributed by atoms with Crippen LogP contribution >= 0.6 is 0 Å². The molecule has 0 radical (unpaired) electrons. The van der Waals surface area contributed by atoms with Crippen LogP contribution in [0.15, 0.2) is 35.3 Å². The monoisotopic (exact) mass is 340 g/mol. The Morgan fingerprint density at radius 2 is 1.96 bits per heavy atom. The van der Waals surface area contributed by atoms with E-state index in [4.69, 9.17) is 5.73 Å². The lowest BCUT2D eigenvalue weighted by atomic mass is 10.1. The fourth-order valence-electron chi connectivity index (χ4n) is 2.64. The molecule has 0 bridgehead atoms. The largest absolute Gasteiger partial charge is 0.369 e. The van der Waals surface area contributed by atoms with E-state index in [-0.39, 0.29) is 24.1 Å². The molecule has 3 rings (SSSR count). The summed E-state index contributed by atoms with van der Waals surface area (Å²) in [7, 11) is 0. The van der Waals surface area contributed by atoms with Crippen molar-refractivity contribution in [2.24, 2.45) is 5.73 Å². The molecular formula is C17H20N6O2. The van der Waals surface area contributed by atoms with Gasteiger partial charge in [0.1, 0.15) is 12.4 Å². The number of carbonyl (C=O) groups is 1. The number of aromatic nitrogens is 5. The van der Waals surface area contributed by atoms with E-state index in [0.29, 0.717) is 17.0 Å². The Kier molecular flexibility index (Phi) is 4.12. The smallest absolute Gasteiger partial charge is 0.275 e. The lowest BCUT2D eigenvalue weighted by Gasteiger charge is -2.21. The number of primary amides is 1. The number of hydrogen-bond acceptors (Lipinski definition) is 5. The molecule has 0 aliphatic carbocycles. The second kappa shape index (κ2) is 6.12. The lowest BCUT2D eigenvalue weighted by molar-refractivity contribution is -0.117. The molecule has 1 aromatic carbocycles. The number of carbonyl (C=O) groups excluding carboxylic acids is 1. The van der Waals surface area contributed by atoms with E-state index < -0.39 is 5.91 Å². The van der Waals surface area contributed by atoms with Crippen LogP contribution in [0.1, 0.15) is 32.4 Å². The van der Waals surface area contributed by atoms with Crippen molar-refractivity contribution in [1.29, 1.82) is 0 Å². The van der Waals surface area contributed by atoms with Gasteiger partial charge < -0.3 is 5.73 Å². The highest BCUT2D eigenvalue weighted by Crippen LogP contribution is 2.16. The maximum absolute atomic E-state index is 12.6. The first-order valence-electron chi connectivity index (χ1n) is 7.94. The Bertz CT molecular complexity index is 996. The van der Waals surface area contributed by atoms with Gasteiger partial charge in [0.15, 0.2) is 5.82 Å². The van der Waals surface area contributed by atoms with Crippen molar-refractivity contribution in [3.8, 4) is 0 Å². The van der Waals surface area contributed by atoms with Crippen LogP contribution in [-0.4, -0.2) is 30.5 Å². The van der Waals surface area contributed by atoms with Crippen LogP contribution in [0, 0.1) is 0 Å². The summed E-state index contributed by atoms with van der Waals surface area (Å²) in [6.45, 7) is 6.06. The highest BCUT2D eigenvalue weighted by molar-refractivity contribution is 5.80. The Morgan fingerprint density at radius 3 is 2.64 bits per heavy atom. The van der Waals surface area contributed by atoms with E-state index >= 15 is 0 Å². The second-order valence-electron chi connectivity index (χ2n) is 6.86. The van der Waals surface area contributed by atoms with Crippen molar-refractivity contribution >= 4 is 16.7 Å². The number of hydrogen-bond donors (Lipinski definition) is 1. The summed E-state index contributed by atoms with van der Waals surface area (Å²) in [5.41, 5.74) is 4.68. The summed E-state index contributed by atoms with van der Waals surface area (Å²) < 4.78 is 3.05. The average molecular weight is 340 g/mol. The number of benzene rings is 1. The normalized spacial score (nSPS) is 11.8. The maximum Gasteiger partial charge on any atom is 0.275 e. The molecule has 2 N–H and O–H groups in total. The summed E-state index contributed by atoms with van der Waals surface area (Å²) in [5.74, 6) is 0.388. The van der Waals surface area contributed by atoms with Gasteiger partial charge in [0.2, 0.25) is 5.91 Å². The Morgan fingerprint density at radius 1 is 1.24 bits per heavy atom. The number of fused-ring (bicyclic) bond motifs is 1. The fraction of sp³-hybridized carbons (Fsp3) is 0.353. The predicted octanol–water partition coefficient (Wildman–Crippen LogP) is 0.819. The van der Waals surface area contributed by atoms with Crippen LogP contribution < -0.4 is 11.3 Å². The Labute approximate surface area is 144 Å². The van der Waals surface area contributed by atoms with Crippen LogP contribution in [0.25, 0.3) is 10.8 Å². The molecule has 0 spiro atoms. The topological polar surface area (TPSA) is 109 Å². The minimum Gasteiger partial charge on any atom is -0.369 e. The number of nitrogens with zero attached hydrogens (tertiary/aromatic N) is 5. The molecule has 1 amide bonds. The van der Waals surface area contributed by atoms with Crippen molar-refractivity contribution in [2.45, 2.75) is 39.3 Å². The van der Waals surface area contributed by atoms with Gasteiger partial charge in [0.25, 0.3) is 5.56 Å². The molecule has 2 heterocycles. The Balaban J connectivity index is 2.05. The number of rotatable bonds is 4. The van der Waals surface area contributed by atoms with Gasteiger partial charge in [-0.05, 0) is 26.8 Å². The SMILES string of the molecule is CC(C)(C)n1nc(CC(N)=O)nc1Cn1ncc2ccccc2c1=O. The molecule has 130 valence electrons. The van der Waals surface area contributed by atoms with Crippen molar-refractivity contribution in [1.82, 2.24) is 24.5 Å². The number of amides is 1. The van der Waals surface area contributed by atoms with E-state index in [1.54, 1.807) is 16.9 Å². The van der Waals surface area contributed by atoms with Gasteiger partial charge >= 0.3 is 0 Å². The molecule has 0 aliphatic rings. The van der Waals surface area contributed by atoms with Crippen LogP contribution in [-0.2, 0) is 23.3 Å². The van der Waals surface area contributed by atoms with Crippen LogP contribution in [0.3, 0.4) is 0 Å². The number of nitrogens with two attached hydrogens (primary N) is 1. The molecule has 0 fully saturated rings. The summed E-state index contributed by atoms with van der Waals surface area (Å²) >= 11 is 0. The van der Waals surface area contributed by atoms with Gasteiger partial charge in [-0.15, -0.1) is 0 Å². The summed E-state index contributed by atoms with van der Waals surface area (Å²) in [6.07, 6.45) is 1.61. The van der Waals surface area contributed by atoms with E-state index in [1.807, 2.05) is 39.0 Å². The Hall–Kier alpha value is -3.03. The minimum atomic E-state index is -0.501. The first-order valence-corrected chi connectivity index (χ1v) is 7.94. The lowest BCUT2D eigenvalue weighted by Crippen LogP contribution is -2.30. The maximum atomic E-state index is 12.6. The molecule has 0 aliphatic heterocycles. The van der Waals surface area contributed by atoms with Gasteiger partial charge in [-0.1, -0.05) is 18.2 Å². The first kappa shape index (κ1) is 16.8. The van der Waals surface area contributed by atoms with E-state index in [2.05, 4.69) is 15.2 Å². The quantitative estimate of drug-likeness (QED) is 0.756. The van der Waals surface area contributed by atoms with Gasteiger partial charge in [0.05, 0.1) is 23.5 Å². The minimum absolute atomic E-state index is 0.0455. The standard InChI is InChI=1S/C17H20N6O2/c1-17(2,3)23-15(20-14(21-23)8-13(18)24)10-22-16(25)12-7-5-4-6-11(12)9-19-22/h4-7,9H,8,10H2,1-3H3,(H2,18,24). The van der Waals surface area contributed by atoms with Gasteiger partial charge in [0, 0.05) is 5.39 Å². The third-order valence-electron chi connectivity index (χ3n) is 3.74. The molecular weight excluding hydrogens is 320 g/mol. The van der Waals surface area contributed by atoms with Gasteiger partial charge in [-0.25, -0.2) is 14.3 Å². The molecule has 3 aromatic rings. The molecule has 2 aromatic heterocycles. The molecule has 25 heavy (non-hydrogen) atoms. The van der Waals surface area contributed by atoms with E-state index in [9.17, 15) is 9.59 Å². The van der Waals surface area contributed by atoms with E-state index in [1.165, 1.54) is 4.68 Å². The summed E-state index contributed by atoms with van der Waals surface area (Å²) in [6, 6.07) is 7.29. The second-order valence-corrected chi connectivity index (χ2v) is 6.86. The fourth-order valence-corrected chi connectivity index (χ4v) is 2.64. The van der Waals surface area contributed by atoms with Gasteiger partial charge in [-0.2, -0.15) is 10.2 Å². The van der Waals surface area contributed by atoms with Crippen molar-refractivity contribution in [3.05, 3.63) is 52.5 Å².